The molecule has 1 atom stereocenters. The molecule has 0 heterocycles. The molecule has 0 rings (SSSR count). The zero-order valence-corrected chi connectivity index (χ0v) is 3.40. The summed E-state index contributed by atoms with van der Waals surface area (Å²) < 4.78 is 0. The molecule has 0 spiro atoms. The monoisotopic (exact) mass is 129 g/mol. The zero-order chi connectivity index (χ0) is 2.71. The minimum atomic E-state index is -0.167. The van der Waals surface area contributed by atoms with Gasteiger partial charge in [-0.2, -0.15) is 0 Å². The van der Waals surface area contributed by atoms with E-state index in [1.165, 1.54) is 0 Å². The van der Waals surface area contributed by atoms with Crippen molar-refractivity contribution in [2.24, 2.45) is 0 Å². The van der Waals surface area contributed by atoms with E-state index in [1.54, 1.807) is 0 Å². The predicted molar refractivity (Wildman–Crippen MR) is 17.7 cm³/mol. The van der Waals surface area contributed by atoms with Gasteiger partial charge in [0.2, 0.25) is 0 Å². The summed E-state index contributed by atoms with van der Waals surface area (Å²) in [5.41, 5.74) is 0. The normalized spacial score (nSPS) is 7.50. The maximum atomic E-state index is 7.49. The summed E-state index contributed by atoms with van der Waals surface area (Å²) in [6, 6.07) is 0. The Bertz CT molecular complexity index is 8.00. The van der Waals surface area contributed by atoms with Gasteiger partial charge in [0, 0.05) is 0 Å². The van der Waals surface area contributed by atoms with Crippen LogP contribution >= 0.6 is 7.50 Å². The van der Waals surface area contributed by atoms with Crippen molar-refractivity contribution >= 4 is 37.1 Å². The molecule has 0 aromatic rings. The maximum absolute atomic E-state index is 7.49. The van der Waals surface area contributed by atoms with Gasteiger partial charge in [0.15, 0.2) is 0 Å². The van der Waals surface area contributed by atoms with Gasteiger partial charge >= 0.3 is 57.5 Å². The average Bonchev–Trinajstić information content (AvgIpc) is 0.918. The van der Waals surface area contributed by atoms with Crippen LogP contribution in [0.25, 0.3) is 0 Å². The van der Waals surface area contributed by atoms with Crippen LogP contribution in [0, 0.1) is 0 Å². The van der Waals surface area contributed by atoms with Crippen LogP contribution in [0.1, 0.15) is 0 Å². The molecule has 4 heavy (non-hydrogen) atoms. The zero-order valence-electron chi connectivity index (χ0n) is 1.30. The first-order valence-corrected chi connectivity index (χ1v) is 2.86. The molecule has 0 radical (unpaired) electrons. The summed E-state index contributed by atoms with van der Waals surface area (Å²) in [6.07, 6.45) is 0. The number of hydrogen-bond acceptors (Lipinski definition) is 1. The minimum absolute atomic E-state index is 0. The van der Waals surface area contributed by atoms with Gasteiger partial charge in [-0.25, -0.2) is 0 Å². The Morgan fingerprint density at radius 3 is 1.75 bits per heavy atom. The molecular formula is H3FeNaOP. The van der Waals surface area contributed by atoms with E-state index in [-0.39, 0.29) is 37.1 Å². The Balaban J connectivity index is 0. The topological polar surface area (TPSA) is 20.2 Å². The molecule has 0 saturated heterocycles. The average molecular weight is 129 g/mol. The van der Waals surface area contributed by atoms with Gasteiger partial charge in [0.1, 0.15) is 0 Å². The van der Waals surface area contributed by atoms with Crippen LogP contribution in [0.15, 0.2) is 0 Å². The molecule has 1 N–H and O–H groups in total. The van der Waals surface area contributed by atoms with Crippen LogP contribution in [-0.4, -0.2) is 34.5 Å². The molecule has 1 nitrogen and oxygen atoms in total. The molecule has 0 aliphatic rings. The van der Waals surface area contributed by atoms with E-state index in [0.29, 0.717) is 0 Å². The van der Waals surface area contributed by atoms with Crippen molar-refractivity contribution in [1.29, 1.82) is 0 Å². The fourth-order valence-corrected chi connectivity index (χ4v) is 0. The second-order valence-electron chi connectivity index (χ2n) is 0.0791. The SMILES string of the molecule is O[PH][Fe].[NaH]. The standard InChI is InChI=1S/Fe.Na.H2OP.H/c;;1-2;/h;;1-2H;/q+1;;-1;. The first-order chi connectivity index (χ1) is 1.41. The second kappa shape index (κ2) is 8.86. The fraction of sp³-hybridized carbons (Fsp3) is 0. The van der Waals surface area contributed by atoms with Crippen molar-refractivity contribution < 1.29 is 20.5 Å². The van der Waals surface area contributed by atoms with Crippen molar-refractivity contribution in [3.05, 3.63) is 0 Å². The number of hydrogen-bond donors (Lipinski definition) is 1. The molecule has 0 aromatic carbocycles. The third-order valence-electron chi connectivity index (χ3n) is 0. The van der Waals surface area contributed by atoms with Crippen LogP contribution in [-0.2, 0) is 15.6 Å². The van der Waals surface area contributed by atoms with Gasteiger partial charge < -0.3 is 0 Å². The van der Waals surface area contributed by atoms with Crippen molar-refractivity contribution in [2.75, 3.05) is 0 Å². The van der Waals surface area contributed by atoms with Gasteiger partial charge in [0.25, 0.3) is 0 Å². The quantitative estimate of drug-likeness (QED) is 0.341. The van der Waals surface area contributed by atoms with Gasteiger partial charge in [-0.05, 0) is 0 Å². The molecule has 0 aromatic heterocycles. The number of rotatable bonds is 0. The van der Waals surface area contributed by atoms with Gasteiger partial charge in [-0.15, -0.1) is 0 Å². The van der Waals surface area contributed by atoms with Crippen LogP contribution in [0.3, 0.4) is 0 Å². The summed E-state index contributed by atoms with van der Waals surface area (Å²) in [7, 11) is -0.167. The van der Waals surface area contributed by atoms with E-state index in [1.807, 2.05) is 0 Å². The molecule has 1 unspecified atom stereocenters. The van der Waals surface area contributed by atoms with Crippen molar-refractivity contribution in [3.63, 3.8) is 0 Å². The molecule has 0 saturated carbocycles. The summed E-state index contributed by atoms with van der Waals surface area (Å²) in [6.45, 7) is 0. The Kier molecular flexibility index (Phi) is 20.7. The van der Waals surface area contributed by atoms with E-state index < -0.39 is 0 Å². The Morgan fingerprint density at radius 1 is 1.75 bits per heavy atom. The molecule has 0 bridgehead atoms. The van der Waals surface area contributed by atoms with Crippen LogP contribution in [0.5, 0.6) is 0 Å². The van der Waals surface area contributed by atoms with Crippen LogP contribution < -0.4 is 0 Å². The second-order valence-corrected chi connectivity index (χ2v) is 0.978. The first kappa shape index (κ1) is 9.32. The molecule has 0 aliphatic carbocycles. The Morgan fingerprint density at radius 2 is 1.75 bits per heavy atom. The third kappa shape index (κ3) is 9.08. The van der Waals surface area contributed by atoms with E-state index in [9.17, 15) is 0 Å². The summed E-state index contributed by atoms with van der Waals surface area (Å²) >= 11 is 3.07. The molecular weight excluding hydrogens is 126 g/mol. The van der Waals surface area contributed by atoms with Crippen LogP contribution in [0.2, 0.25) is 0 Å². The summed E-state index contributed by atoms with van der Waals surface area (Å²) in [5, 5.41) is 0. The van der Waals surface area contributed by atoms with Crippen molar-refractivity contribution in [3.8, 4) is 0 Å². The third-order valence-corrected chi connectivity index (χ3v) is 0. The molecule has 0 aliphatic heterocycles. The molecule has 23 valence electrons. The van der Waals surface area contributed by atoms with E-state index >= 15 is 0 Å². The van der Waals surface area contributed by atoms with E-state index in [2.05, 4.69) is 15.6 Å². The fourth-order valence-electron chi connectivity index (χ4n) is 0. The van der Waals surface area contributed by atoms with E-state index in [0.717, 1.165) is 0 Å². The van der Waals surface area contributed by atoms with E-state index in [4.69, 9.17) is 4.89 Å². The molecule has 0 fully saturated rings. The molecule has 0 amide bonds. The molecule has 4 heteroatoms. The van der Waals surface area contributed by atoms with Gasteiger partial charge in [-0.1, -0.05) is 0 Å². The van der Waals surface area contributed by atoms with Crippen LogP contribution in [0.4, 0.5) is 0 Å². The van der Waals surface area contributed by atoms with Crippen molar-refractivity contribution in [2.45, 2.75) is 0 Å². The first-order valence-electron chi connectivity index (χ1n) is 0.400. The summed E-state index contributed by atoms with van der Waals surface area (Å²) in [4.78, 5) is 7.49. The Labute approximate surface area is 57.1 Å². The Hall–Kier alpha value is 1.91. The van der Waals surface area contributed by atoms with Gasteiger partial charge in [-0.3, -0.25) is 0 Å². The summed E-state index contributed by atoms with van der Waals surface area (Å²) in [5.74, 6) is 0. The van der Waals surface area contributed by atoms with Gasteiger partial charge in [0.05, 0.1) is 0 Å². The predicted octanol–water partition coefficient (Wildman–Crippen LogP) is -0.615. The van der Waals surface area contributed by atoms with Crippen molar-refractivity contribution in [1.82, 2.24) is 0 Å².